The fraction of sp³-hybridized carbons (Fsp3) is 0.545. The lowest BCUT2D eigenvalue weighted by molar-refractivity contribution is 0.500. The van der Waals surface area contributed by atoms with Gasteiger partial charge >= 0.3 is 0 Å². The van der Waals surface area contributed by atoms with E-state index in [1.165, 1.54) is 0 Å². The molecule has 1 aromatic rings. The zero-order valence-corrected chi connectivity index (χ0v) is 10.3. The molecule has 0 fully saturated rings. The number of halogens is 1. The molecule has 0 radical (unpaired) electrons. The molecule has 0 aliphatic carbocycles. The van der Waals surface area contributed by atoms with Crippen molar-refractivity contribution in [2.45, 2.75) is 32.7 Å². The fourth-order valence-electron chi connectivity index (χ4n) is 1.32. The van der Waals surface area contributed by atoms with Crippen LogP contribution in [-0.4, -0.2) is 4.98 Å². The molecule has 0 amide bonds. The van der Waals surface area contributed by atoms with Crippen LogP contribution in [0.2, 0.25) is 0 Å². The van der Waals surface area contributed by atoms with Crippen LogP contribution in [0.5, 0.6) is 0 Å². The molecule has 0 aliphatic heterocycles. The Kier molecular flexibility index (Phi) is 4.55. The van der Waals surface area contributed by atoms with Gasteiger partial charge in [-0.05, 0) is 46.8 Å². The Morgan fingerprint density at radius 2 is 2.14 bits per heavy atom. The van der Waals surface area contributed by atoms with Crippen LogP contribution in [-0.2, 0) is 0 Å². The Hall–Kier alpha value is -0.410. The van der Waals surface area contributed by atoms with Crippen LogP contribution < -0.4 is 5.73 Å². The first-order chi connectivity index (χ1) is 6.61. The summed E-state index contributed by atoms with van der Waals surface area (Å²) in [6.45, 7) is 4.42. The van der Waals surface area contributed by atoms with Gasteiger partial charge in [-0.3, -0.25) is 4.98 Å². The molecular weight excluding hydrogens is 240 g/mol. The topological polar surface area (TPSA) is 38.9 Å². The third-order valence-corrected chi connectivity index (χ3v) is 2.86. The molecule has 78 valence electrons. The van der Waals surface area contributed by atoms with Gasteiger partial charge in [0.2, 0.25) is 0 Å². The van der Waals surface area contributed by atoms with Gasteiger partial charge < -0.3 is 5.73 Å². The van der Waals surface area contributed by atoms with Crippen LogP contribution in [0.25, 0.3) is 0 Å². The zero-order valence-electron chi connectivity index (χ0n) is 8.70. The summed E-state index contributed by atoms with van der Waals surface area (Å²) in [4.78, 5) is 4.28. The highest BCUT2D eigenvalue weighted by Gasteiger charge is 2.11. The molecule has 3 heteroatoms. The summed E-state index contributed by atoms with van der Waals surface area (Å²) in [7, 11) is 0. The molecule has 2 N–H and O–H groups in total. The highest BCUT2D eigenvalue weighted by Crippen LogP contribution is 2.23. The molecule has 1 rings (SSSR count). The van der Waals surface area contributed by atoms with Crippen molar-refractivity contribution in [3.8, 4) is 0 Å². The highest BCUT2D eigenvalue weighted by molar-refractivity contribution is 9.10. The monoisotopic (exact) mass is 256 g/mol. The zero-order chi connectivity index (χ0) is 10.6. The quantitative estimate of drug-likeness (QED) is 0.898. The van der Waals surface area contributed by atoms with E-state index in [9.17, 15) is 0 Å². The molecule has 1 unspecified atom stereocenters. The highest BCUT2D eigenvalue weighted by atomic mass is 79.9. The van der Waals surface area contributed by atoms with Gasteiger partial charge in [0.25, 0.3) is 0 Å². The van der Waals surface area contributed by atoms with Gasteiger partial charge in [0.1, 0.15) is 0 Å². The van der Waals surface area contributed by atoms with E-state index in [0.717, 1.165) is 23.0 Å². The predicted molar refractivity (Wildman–Crippen MR) is 62.9 cm³/mol. The lowest BCUT2D eigenvalue weighted by Gasteiger charge is -2.13. The Balaban J connectivity index is 2.60. The number of hydrogen-bond acceptors (Lipinski definition) is 2. The van der Waals surface area contributed by atoms with Crippen LogP contribution in [0.1, 0.15) is 38.4 Å². The first-order valence-electron chi connectivity index (χ1n) is 4.97. The van der Waals surface area contributed by atoms with Crippen LogP contribution >= 0.6 is 15.9 Å². The van der Waals surface area contributed by atoms with Crippen LogP contribution in [0, 0.1) is 5.92 Å². The summed E-state index contributed by atoms with van der Waals surface area (Å²) in [5, 5.41) is 0. The van der Waals surface area contributed by atoms with Crippen molar-refractivity contribution >= 4 is 15.9 Å². The van der Waals surface area contributed by atoms with Gasteiger partial charge in [0.15, 0.2) is 0 Å². The van der Waals surface area contributed by atoms with Gasteiger partial charge in [-0.1, -0.05) is 13.8 Å². The van der Waals surface area contributed by atoms with E-state index in [0.29, 0.717) is 5.92 Å². The number of pyridine rings is 1. The normalized spacial score (nSPS) is 13.2. The molecular formula is C11H17BrN2. The van der Waals surface area contributed by atoms with Gasteiger partial charge in [0, 0.05) is 16.7 Å². The van der Waals surface area contributed by atoms with Gasteiger partial charge in [-0.15, -0.1) is 0 Å². The minimum Gasteiger partial charge on any atom is -0.323 e. The van der Waals surface area contributed by atoms with Crippen molar-refractivity contribution < 1.29 is 0 Å². The molecule has 0 saturated carbocycles. The maximum Gasteiger partial charge on any atom is 0.0712 e. The second kappa shape index (κ2) is 5.47. The smallest absolute Gasteiger partial charge is 0.0712 e. The molecule has 1 aromatic heterocycles. The average Bonchev–Trinajstić information content (AvgIpc) is 2.15. The van der Waals surface area contributed by atoms with Gasteiger partial charge in [-0.25, -0.2) is 0 Å². The summed E-state index contributed by atoms with van der Waals surface area (Å²) < 4.78 is 1.01. The number of nitrogens with zero attached hydrogens (tertiary/aromatic N) is 1. The molecule has 14 heavy (non-hydrogen) atoms. The maximum absolute atomic E-state index is 6.05. The second-order valence-corrected chi connectivity index (χ2v) is 4.80. The van der Waals surface area contributed by atoms with E-state index in [-0.39, 0.29) is 6.04 Å². The molecule has 0 aromatic carbocycles. The lowest BCUT2D eigenvalue weighted by atomic mass is 10.0. The van der Waals surface area contributed by atoms with Gasteiger partial charge in [0.05, 0.1) is 5.69 Å². The minimum atomic E-state index is 0.0491. The molecule has 2 nitrogen and oxygen atoms in total. The summed E-state index contributed by atoms with van der Waals surface area (Å²) in [6, 6.07) is 3.94. The minimum absolute atomic E-state index is 0.0491. The van der Waals surface area contributed by atoms with E-state index in [2.05, 4.69) is 34.8 Å². The van der Waals surface area contributed by atoms with E-state index in [4.69, 9.17) is 5.73 Å². The van der Waals surface area contributed by atoms with Crippen LogP contribution in [0.3, 0.4) is 0 Å². The van der Waals surface area contributed by atoms with Crippen molar-refractivity contribution in [2.24, 2.45) is 11.7 Å². The molecule has 1 heterocycles. The summed E-state index contributed by atoms with van der Waals surface area (Å²) in [6.07, 6.45) is 3.92. The van der Waals surface area contributed by atoms with Crippen LogP contribution in [0.4, 0.5) is 0 Å². The largest absolute Gasteiger partial charge is 0.323 e. The Labute approximate surface area is 94.0 Å². The number of hydrogen-bond donors (Lipinski definition) is 1. The standard InChI is InChI=1S/C11H17BrN2/c1-8(2)5-6-10(13)11-9(12)4-3-7-14-11/h3-4,7-8,10H,5-6,13H2,1-2H3. The molecule has 0 bridgehead atoms. The van der Waals surface area contributed by atoms with Crippen molar-refractivity contribution in [2.75, 3.05) is 0 Å². The third-order valence-electron chi connectivity index (χ3n) is 2.19. The maximum atomic E-state index is 6.05. The van der Waals surface area contributed by atoms with Crippen molar-refractivity contribution in [1.82, 2.24) is 4.98 Å². The molecule has 0 spiro atoms. The van der Waals surface area contributed by atoms with E-state index in [1.807, 2.05) is 12.1 Å². The van der Waals surface area contributed by atoms with Crippen molar-refractivity contribution in [3.63, 3.8) is 0 Å². The second-order valence-electron chi connectivity index (χ2n) is 3.95. The Morgan fingerprint density at radius 1 is 1.43 bits per heavy atom. The Bertz CT molecular complexity index is 286. The molecule has 1 atom stereocenters. The Morgan fingerprint density at radius 3 is 2.71 bits per heavy atom. The lowest BCUT2D eigenvalue weighted by Crippen LogP contribution is -2.13. The summed E-state index contributed by atoms with van der Waals surface area (Å²) >= 11 is 3.46. The molecule has 0 aliphatic rings. The summed E-state index contributed by atoms with van der Waals surface area (Å²) in [5.41, 5.74) is 7.02. The number of nitrogens with two attached hydrogens (primary N) is 1. The predicted octanol–water partition coefficient (Wildman–Crippen LogP) is 3.28. The first-order valence-corrected chi connectivity index (χ1v) is 5.76. The SMILES string of the molecule is CC(C)CCC(N)c1ncccc1Br. The van der Waals surface area contributed by atoms with E-state index >= 15 is 0 Å². The third kappa shape index (κ3) is 3.39. The average molecular weight is 257 g/mol. The fourth-order valence-corrected chi connectivity index (χ4v) is 1.87. The summed E-state index contributed by atoms with van der Waals surface area (Å²) in [5.74, 6) is 0.698. The van der Waals surface area contributed by atoms with Gasteiger partial charge in [-0.2, -0.15) is 0 Å². The first kappa shape index (κ1) is 11.7. The van der Waals surface area contributed by atoms with E-state index in [1.54, 1.807) is 6.20 Å². The number of aromatic nitrogens is 1. The number of rotatable bonds is 4. The van der Waals surface area contributed by atoms with Crippen LogP contribution in [0.15, 0.2) is 22.8 Å². The molecule has 0 saturated heterocycles. The van der Waals surface area contributed by atoms with Crippen molar-refractivity contribution in [1.29, 1.82) is 0 Å². The van der Waals surface area contributed by atoms with E-state index < -0.39 is 0 Å². The van der Waals surface area contributed by atoms with Crippen molar-refractivity contribution in [3.05, 3.63) is 28.5 Å².